The first-order valence-corrected chi connectivity index (χ1v) is 10.1. The molecule has 3 aromatic rings. The van der Waals surface area contributed by atoms with Crippen molar-refractivity contribution in [3.05, 3.63) is 33.1 Å². The molecule has 8 heteroatoms. The number of methoxy groups -OCH3 is 1. The second-order valence-electron chi connectivity index (χ2n) is 7.65. The Morgan fingerprint density at radius 2 is 2.21 bits per heavy atom. The number of benzene rings is 1. The monoisotopic (exact) mass is 383 g/mol. The van der Waals surface area contributed by atoms with Gasteiger partial charge >= 0.3 is 5.56 Å². The lowest BCUT2D eigenvalue weighted by Gasteiger charge is -2.23. The molecule has 8 nitrogen and oxygen atoms in total. The average molecular weight is 383 g/mol. The Kier molecular flexibility index (Phi) is 4.32. The predicted molar refractivity (Wildman–Crippen MR) is 106 cm³/mol. The van der Waals surface area contributed by atoms with Crippen molar-refractivity contribution in [2.75, 3.05) is 25.5 Å². The Balaban J connectivity index is 1.65. The number of rotatable bonds is 5. The topological polar surface area (TPSA) is 84.9 Å². The second kappa shape index (κ2) is 6.86. The second-order valence-corrected chi connectivity index (χ2v) is 7.65. The van der Waals surface area contributed by atoms with Crippen LogP contribution in [-0.4, -0.2) is 46.0 Å². The highest BCUT2D eigenvalue weighted by molar-refractivity contribution is 5.95. The molecule has 5 rings (SSSR count). The Hall–Kier alpha value is -2.45. The van der Waals surface area contributed by atoms with E-state index in [1.54, 1.807) is 7.11 Å². The van der Waals surface area contributed by atoms with Crippen molar-refractivity contribution in [3.8, 4) is 0 Å². The lowest BCUT2D eigenvalue weighted by molar-refractivity contribution is 0.185. The molecule has 1 aliphatic carbocycles. The highest BCUT2D eigenvalue weighted by atomic mass is 16.5. The van der Waals surface area contributed by atoms with Crippen molar-refractivity contribution in [2.45, 2.75) is 51.8 Å². The Labute approximate surface area is 162 Å². The van der Waals surface area contributed by atoms with Crippen molar-refractivity contribution < 1.29 is 9.26 Å². The summed E-state index contributed by atoms with van der Waals surface area (Å²) in [6, 6.07) is 2.05. The van der Waals surface area contributed by atoms with Gasteiger partial charge in [0.05, 0.1) is 18.2 Å². The maximum atomic E-state index is 13.1. The van der Waals surface area contributed by atoms with Crippen molar-refractivity contribution in [2.24, 2.45) is 0 Å². The zero-order valence-corrected chi connectivity index (χ0v) is 16.3. The lowest BCUT2D eigenvalue weighted by Crippen LogP contribution is -2.37. The summed E-state index contributed by atoms with van der Waals surface area (Å²) in [6.07, 6.45) is 5.39. The molecule has 0 radical (unpaired) electrons. The van der Waals surface area contributed by atoms with E-state index < -0.39 is 0 Å². The summed E-state index contributed by atoms with van der Waals surface area (Å²) < 4.78 is 12.7. The van der Waals surface area contributed by atoms with Crippen molar-refractivity contribution in [1.82, 2.24) is 19.7 Å². The molecule has 1 aromatic carbocycles. The minimum absolute atomic E-state index is 0.113. The van der Waals surface area contributed by atoms with Gasteiger partial charge in [-0.1, -0.05) is 6.92 Å². The van der Waals surface area contributed by atoms with Gasteiger partial charge in [-0.3, -0.25) is 9.69 Å². The highest BCUT2D eigenvalue weighted by Crippen LogP contribution is 2.35. The fourth-order valence-corrected chi connectivity index (χ4v) is 4.75. The van der Waals surface area contributed by atoms with Crippen LogP contribution in [0.4, 0.5) is 5.82 Å². The van der Waals surface area contributed by atoms with Crippen LogP contribution >= 0.6 is 0 Å². The van der Waals surface area contributed by atoms with Gasteiger partial charge in [-0.15, -0.1) is 14.8 Å². The third kappa shape index (κ3) is 2.62. The minimum Gasteiger partial charge on any atom is -0.380 e. The van der Waals surface area contributed by atoms with E-state index in [2.05, 4.69) is 27.3 Å². The molecule has 0 saturated carbocycles. The van der Waals surface area contributed by atoms with Gasteiger partial charge in [-0.05, 0) is 61.4 Å². The molecule has 0 spiro atoms. The average Bonchev–Trinajstić information content (AvgIpc) is 3.42. The number of aromatic nitrogens is 3. The molecule has 1 aliphatic heterocycles. The number of anilines is 1. The van der Waals surface area contributed by atoms with E-state index in [1.807, 2.05) is 6.07 Å². The number of nitrogens with zero attached hydrogens (tertiary/aromatic N) is 4. The molecule has 1 N–H and O–H groups in total. The molecule has 1 atom stereocenters. The molecular formula is C20H25N5O3. The predicted octanol–water partition coefficient (Wildman–Crippen LogP) is 2.32. The summed E-state index contributed by atoms with van der Waals surface area (Å²) >= 11 is 0. The third-order valence-corrected chi connectivity index (χ3v) is 6.08. The molecular weight excluding hydrogens is 358 g/mol. The number of hydrogen-bond acceptors (Lipinski definition) is 7. The summed E-state index contributed by atoms with van der Waals surface area (Å²) in [6.45, 7) is 4.56. The SMILES string of the molecule is CCN1CCC[C@H]1Nc1nnc2c3c(COC)c4c(cc3on2c1=O)CCC4. The van der Waals surface area contributed by atoms with Crippen LogP contribution in [0.3, 0.4) is 0 Å². The molecule has 2 aliphatic rings. The van der Waals surface area contributed by atoms with Gasteiger partial charge in [0.2, 0.25) is 11.5 Å². The normalized spacial score (nSPS) is 19.7. The first-order chi connectivity index (χ1) is 13.7. The van der Waals surface area contributed by atoms with Gasteiger partial charge in [0.15, 0.2) is 5.58 Å². The van der Waals surface area contributed by atoms with Crippen LogP contribution < -0.4 is 10.9 Å². The number of aryl methyl sites for hydroxylation is 1. The van der Waals surface area contributed by atoms with Gasteiger partial charge in [0.1, 0.15) is 0 Å². The quantitative estimate of drug-likeness (QED) is 0.724. The molecule has 1 saturated heterocycles. The van der Waals surface area contributed by atoms with Gasteiger partial charge in [0, 0.05) is 13.7 Å². The molecule has 2 aromatic heterocycles. The zero-order chi connectivity index (χ0) is 19.3. The molecule has 28 heavy (non-hydrogen) atoms. The fourth-order valence-electron chi connectivity index (χ4n) is 4.75. The van der Waals surface area contributed by atoms with E-state index in [-0.39, 0.29) is 17.5 Å². The van der Waals surface area contributed by atoms with Gasteiger partial charge in [0.25, 0.3) is 0 Å². The molecule has 0 bridgehead atoms. The number of likely N-dealkylation sites (tertiary alicyclic amines) is 1. The molecule has 0 unspecified atom stereocenters. The summed E-state index contributed by atoms with van der Waals surface area (Å²) in [5.74, 6) is 0.239. The fraction of sp³-hybridized carbons (Fsp3) is 0.550. The minimum atomic E-state index is -0.298. The lowest BCUT2D eigenvalue weighted by atomic mass is 10.00. The Morgan fingerprint density at radius 3 is 3.04 bits per heavy atom. The summed E-state index contributed by atoms with van der Waals surface area (Å²) in [7, 11) is 1.68. The maximum absolute atomic E-state index is 13.1. The van der Waals surface area contributed by atoms with E-state index in [4.69, 9.17) is 9.26 Å². The highest BCUT2D eigenvalue weighted by Gasteiger charge is 2.27. The third-order valence-electron chi connectivity index (χ3n) is 6.08. The van der Waals surface area contributed by atoms with Gasteiger partial charge < -0.3 is 14.6 Å². The molecule has 1 fully saturated rings. The summed E-state index contributed by atoms with van der Waals surface area (Å²) in [5.41, 5.74) is 4.49. The first-order valence-electron chi connectivity index (χ1n) is 10.1. The number of ether oxygens (including phenoxy) is 1. The first kappa shape index (κ1) is 17.6. The van der Waals surface area contributed by atoms with Gasteiger partial charge in [-0.25, -0.2) is 0 Å². The number of hydrogen-bond donors (Lipinski definition) is 1. The van der Waals surface area contributed by atoms with E-state index in [0.29, 0.717) is 17.8 Å². The van der Waals surface area contributed by atoms with Crippen molar-refractivity contribution in [1.29, 1.82) is 0 Å². The van der Waals surface area contributed by atoms with E-state index in [1.165, 1.54) is 15.7 Å². The Morgan fingerprint density at radius 1 is 1.32 bits per heavy atom. The van der Waals surface area contributed by atoms with Crippen LogP contribution in [0.2, 0.25) is 0 Å². The standard InChI is InChI=1S/C20H25N5O3/c1-3-24-9-5-8-16(24)21-18-20(26)25-19(23-22-18)17-14(11-27-2)13-7-4-6-12(13)10-15(17)28-25/h10,16H,3-9,11H2,1-2H3,(H,21,22)/t16-/m0/s1. The number of nitrogens with one attached hydrogen (secondary N) is 1. The van der Waals surface area contributed by atoms with Crippen LogP contribution in [0, 0.1) is 0 Å². The van der Waals surface area contributed by atoms with E-state index >= 15 is 0 Å². The molecule has 148 valence electrons. The molecule has 0 amide bonds. The van der Waals surface area contributed by atoms with Gasteiger partial charge in [-0.2, -0.15) is 0 Å². The van der Waals surface area contributed by atoms with Crippen molar-refractivity contribution >= 4 is 22.4 Å². The number of fused-ring (bicyclic) bond motifs is 4. The summed E-state index contributed by atoms with van der Waals surface area (Å²) in [5, 5.41) is 12.7. The zero-order valence-electron chi connectivity index (χ0n) is 16.3. The van der Waals surface area contributed by atoms with Crippen LogP contribution in [0.25, 0.3) is 16.6 Å². The summed E-state index contributed by atoms with van der Waals surface area (Å²) in [4.78, 5) is 15.4. The Bertz CT molecular complexity index is 1100. The van der Waals surface area contributed by atoms with E-state index in [9.17, 15) is 4.79 Å². The van der Waals surface area contributed by atoms with Crippen molar-refractivity contribution in [3.63, 3.8) is 0 Å². The molecule has 3 heterocycles. The van der Waals surface area contributed by atoms with Crippen LogP contribution in [0.5, 0.6) is 0 Å². The smallest absolute Gasteiger partial charge is 0.330 e. The largest absolute Gasteiger partial charge is 0.380 e. The van der Waals surface area contributed by atoms with Crippen LogP contribution in [-0.2, 0) is 24.2 Å². The van der Waals surface area contributed by atoms with Crippen LogP contribution in [0.1, 0.15) is 42.9 Å². The van der Waals surface area contributed by atoms with E-state index in [0.717, 1.165) is 56.1 Å². The maximum Gasteiger partial charge on any atom is 0.330 e. The van der Waals surface area contributed by atoms with Crippen LogP contribution in [0.15, 0.2) is 15.4 Å².